The Labute approximate surface area is 146 Å². The number of ether oxygens (including phenoxy) is 1. The summed E-state index contributed by atoms with van der Waals surface area (Å²) >= 11 is 0. The molecule has 0 fully saturated rings. The van der Waals surface area contributed by atoms with Gasteiger partial charge in [-0.25, -0.2) is 4.79 Å². The highest BCUT2D eigenvalue weighted by Crippen LogP contribution is 2.23. The van der Waals surface area contributed by atoms with E-state index in [0.29, 0.717) is 30.8 Å². The summed E-state index contributed by atoms with van der Waals surface area (Å²) in [6.07, 6.45) is 2.02. The Bertz CT molecular complexity index is 835. The summed E-state index contributed by atoms with van der Waals surface area (Å²) in [5.41, 5.74) is 1.01. The molecule has 0 N–H and O–H groups in total. The van der Waals surface area contributed by atoms with Gasteiger partial charge in [-0.15, -0.1) is 0 Å². The predicted octanol–water partition coefficient (Wildman–Crippen LogP) is 2.89. The maximum atomic E-state index is 12.1. The zero-order valence-corrected chi connectivity index (χ0v) is 14.6. The maximum Gasteiger partial charge on any atom is 0.336 e. The van der Waals surface area contributed by atoms with Crippen molar-refractivity contribution in [2.45, 2.75) is 33.1 Å². The van der Waals surface area contributed by atoms with Gasteiger partial charge < -0.3 is 14.1 Å². The molecule has 0 saturated heterocycles. The molecule has 0 aliphatic rings. The fraction of sp³-hybridized carbons (Fsp3) is 0.421. The Morgan fingerprint density at radius 3 is 2.80 bits per heavy atom. The van der Waals surface area contributed by atoms with Gasteiger partial charge in [0.05, 0.1) is 12.5 Å². The molecule has 132 valence electrons. The molecule has 1 amide bonds. The highest BCUT2D eigenvalue weighted by Gasteiger charge is 2.13. The number of carbonyl (C=O) groups excluding carboxylic acids is 1. The first-order valence-corrected chi connectivity index (χ1v) is 8.43. The fourth-order valence-electron chi connectivity index (χ4n) is 2.66. The number of fused-ring (bicyclic) bond motifs is 1. The minimum Gasteiger partial charge on any atom is -0.484 e. The van der Waals surface area contributed by atoms with E-state index in [9.17, 15) is 9.59 Å². The fourth-order valence-corrected chi connectivity index (χ4v) is 2.66. The summed E-state index contributed by atoms with van der Waals surface area (Å²) in [4.78, 5) is 25.4. The van der Waals surface area contributed by atoms with Crippen LogP contribution in [-0.2, 0) is 11.2 Å². The van der Waals surface area contributed by atoms with E-state index < -0.39 is 5.63 Å². The second kappa shape index (κ2) is 8.88. The van der Waals surface area contributed by atoms with Crippen LogP contribution in [0.4, 0.5) is 0 Å². The minimum atomic E-state index is -0.391. The number of likely N-dealkylation sites (N-methyl/N-ethyl adjacent to an activating group) is 1. The van der Waals surface area contributed by atoms with E-state index in [1.807, 2.05) is 19.1 Å². The lowest BCUT2D eigenvalue weighted by atomic mass is 10.1. The van der Waals surface area contributed by atoms with E-state index in [-0.39, 0.29) is 12.5 Å². The molecule has 1 aromatic carbocycles. The number of hydrogen-bond donors (Lipinski definition) is 0. The molecule has 0 aliphatic carbocycles. The van der Waals surface area contributed by atoms with Gasteiger partial charge in [-0.2, -0.15) is 5.26 Å². The van der Waals surface area contributed by atoms with Gasteiger partial charge in [0, 0.05) is 30.6 Å². The smallest absolute Gasteiger partial charge is 0.336 e. The van der Waals surface area contributed by atoms with Crippen LogP contribution in [0.15, 0.2) is 33.5 Å². The summed E-state index contributed by atoms with van der Waals surface area (Å²) in [5.74, 6) is 0.285. The van der Waals surface area contributed by atoms with Crippen LogP contribution in [0.2, 0.25) is 0 Å². The van der Waals surface area contributed by atoms with Gasteiger partial charge >= 0.3 is 5.63 Å². The molecule has 0 saturated carbocycles. The number of benzene rings is 1. The van der Waals surface area contributed by atoms with Crippen molar-refractivity contribution < 1.29 is 13.9 Å². The van der Waals surface area contributed by atoms with Crippen molar-refractivity contribution >= 4 is 16.9 Å². The molecule has 1 heterocycles. The van der Waals surface area contributed by atoms with Crippen molar-refractivity contribution in [3.63, 3.8) is 0 Å². The maximum absolute atomic E-state index is 12.1. The number of hydrogen-bond acceptors (Lipinski definition) is 5. The molecule has 0 atom stereocenters. The number of nitriles is 1. The largest absolute Gasteiger partial charge is 0.484 e. The quantitative estimate of drug-likeness (QED) is 0.689. The third kappa shape index (κ3) is 4.83. The first-order valence-electron chi connectivity index (χ1n) is 8.43. The molecule has 0 unspecified atom stereocenters. The molecule has 0 aliphatic heterocycles. The highest BCUT2D eigenvalue weighted by atomic mass is 16.5. The number of carbonyl (C=O) groups is 1. The van der Waals surface area contributed by atoms with Gasteiger partial charge in [0.25, 0.3) is 5.91 Å². The Balaban J connectivity index is 2.13. The van der Waals surface area contributed by atoms with Crippen molar-refractivity contribution in [2.24, 2.45) is 0 Å². The van der Waals surface area contributed by atoms with E-state index >= 15 is 0 Å². The van der Waals surface area contributed by atoms with E-state index in [1.54, 1.807) is 17.0 Å². The van der Waals surface area contributed by atoms with Gasteiger partial charge in [-0.3, -0.25) is 4.79 Å². The zero-order chi connectivity index (χ0) is 18.2. The van der Waals surface area contributed by atoms with Crippen LogP contribution in [0.1, 0.15) is 32.3 Å². The van der Waals surface area contributed by atoms with Gasteiger partial charge in [0.2, 0.25) is 0 Å². The third-order valence-corrected chi connectivity index (χ3v) is 3.91. The Hall–Kier alpha value is -2.81. The molecule has 2 rings (SSSR count). The second-order valence-electron chi connectivity index (χ2n) is 5.67. The monoisotopic (exact) mass is 342 g/mol. The van der Waals surface area contributed by atoms with Gasteiger partial charge in [-0.05, 0) is 31.0 Å². The molecule has 0 radical (unpaired) electrons. The first-order chi connectivity index (χ1) is 12.1. The first kappa shape index (κ1) is 18.5. The van der Waals surface area contributed by atoms with E-state index in [2.05, 4.69) is 6.92 Å². The van der Waals surface area contributed by atoms with Gasteiger partial charge in [0.15, 0.2) is 6.61 Å². The lowest BCUT2D eigenvalue weighted by molar-refractivity contribution is -0.133. The molecule has 1 aromatic heterocycles. The van der Waals surface area contributed by atoms with Crippen LogP contribution in [0.5, 0.6) is 5.75 Å². The average Bonchev–Trinajstić information content (AvgIpc) is 2.60. The van der Waals surface area contributed by atoms with Gasteiger partial charge in [-0.1, -0.05) is 13.3 Å². The summed E-state index contributed by atoms with van der Waals surface area (Å²) in [6, 6.07) is 8.78. The van der Waals surface area contributed by atoms with Crippen molar-refractivity contribution in [2.75, 3.05) is 19.7 Å². The Kier molecular flexibility index (Phi) is 6.58. The van der Waals surface area contributed by atoms with Crippen LogP contribution >= 0.6 is 0 Å². The molecular weight excluding hydrogens is 320 g/mol. The average molecular weight is 342 g/mol. The minimum absolute atomic E-state index is 0.121. The van der Waals surface area contributed by atoms with Crippen molar-refractivity contribution in [3.05, 3.63) is 40.2 Å². The van der Waals surface area contributed by atoms with Crippen LogP contribution in [0.3, 0.4) is 0 Å². The van der Waals surface area contributed by atoms with E-state index in [4.69, 9.17) is 14.4 Å². The number of aryl methyl sites for hydroxylation is 1. The number of rotatable bonds is 8. The van der Waals surface area contributed by atoms with Crippen molar-refractivity contribution in [3.8, 4) is 11.8 Å². The molecule has 0 spiro atoms. The van der Waals surface area contributed by atoms with Gasteiger partial charge in [0.1, 0.15) is 11.3 Å². The second-order valence-corrected chi connectivity index (χ2v) is 5.67. The SMILES string of the molecule is CCCc1cc(=O)oc2cc(OCC(=O)N(CC)CCC#N)ccc12. The summed E-state index contributed by atoms with van der Waals surface area (Å²) in [7, 11) is 0. The lowest BCUT2D eigenvalue weighted by Crippen LogP contribution is -2.35. The lowest BCUT2D eigenvalue weighted by Gasteiger charge is -2.19. The molecule has 6 nitrogen and oxygen atoms in total. The van der Waals surface area contributed by atoms with Crippen molar-refractivity contribution in [1.82, 2.24) is 4.90 Å². The predicted molar refractivity (Wildman–Crippen MR) is 94.5 cm³/mol. The molecule has 25 heavy (non-hydrogen) atoms. The normalized spacial score (nSPS) is 10.4. The number of nitrogens with zero attached hydrogens (tertiary/aromatic N) is 2. The van der Waals surface area contributed by atoms with Crippen molar-refractivity contribution in [1.29, 1.82) is 5.26 Å². The molecule has 6 heteroatoms. The third-order valence-electron chi connectivity index (χ3n) is 3.91. The molecular formula is C19H22N2O4. The summed E-state index contributed by atoms with van der Waals surface area (Å²) in [5, 5.41) is 9.51. The van der Waals surface area contributed by atoms with Crippen LogP contribution in [-0.4, -0.2) is 30.5 Å². The van der Waals surface area contributed by atoms with Crippen LogP contribution in [0, 0.1) is 11.3 Å². The standard InChI is InChI=1S/C19H22N2O4/c1-3-6-14-11-19(23)25-17-12-15(7-8-16(14)17)24-13-18(22)21(4-2)10-5-9-20/h7-8,11-12H,3-6,10,13H2,1-2H3. The van der Waals surface area contributed by atoms with Crippen LogP contribution < -0.4 is 10.4 Å². The molecule has 2 aromatic rings. The number of amides is 1. The molecule has 0 bridgehead atoms. The topological polar surface area (TPSA) is 83.5 Å². The highest BCUT2D eigenvalue weighted by molar-refractivity contribution is 5.82. The Morgan fingerprint density at radius 2 is 2.12 bits per heavy atom. The van der Waals surface area contributed by atoms with E-state index in [1.165, 1.54) is 6.07 Å². The Morgan fingerprint density at radius 1 is 1.32 bits per heavy atom. The summed E-state index contributed by atoms with van der Waals surface area (Å²) < 4.78 is 10.8. The van der Waals surface area contributed by atoms with E-state index in [0.717, 1.165) is 23.8 Å². The zero-order valence-electron chi connectivity index (χ0n) is 14.6. The summed E-state index contributed by atoms with van der Waals surface area (Å²) in [6.45, 7) is 4.70. The van der Waals surface area contributed by atoms with Crippen LogP contribution in [0.25, 0.3) is 11.0 Å².